The maximum atomic E-state index is 6.14. The SMILES string of the molecule is CCOCCCOC(c1ccccc1)C1CCNC1. The van der Waals surface area contributed by atoms with Crippen LogP contribution < -0.4 is 5.32 Å². The van der Waals surface area contributed by atoms with Gasteiger partial charge in [0.1, 0.15) is 0 Å². The maximum absolute atomic E-state index is 6.14. The van der Waals surface area contributed by atoms with Crippen LogP contribution in [0.4, 0.5) is 0 Å². The average Bonchev–Trinajstić information content (AvgIpc) is 2.98. The summed E-state index contributed by atoms with van der Waals surface area (Å²) in [6.45, 7) is 6.55. The van der Waals surface area contributed by atoms with E-state index in [1.807, 2.05) is 6.92 Å². The molecule has 19 heavy (non-hydrogen) atoms. The van der Waals surface area contributed by atoms with Crippen LogP contribution >= 0.6 is 0 Å². The molecule has 1 N–H and O–H groups in total. The molecule has 0 aliphatic carbocycles. The zero-order valence-electron chi connectivity index (χ0n) is 11.8. The molecule has 2 unspecified atom stereocenters. The zero-order chi connectivity index (χ0) is 13.3. The van der Waals surface area contributed by atoms with Gasteiger partial charge < -0.3 is 14.8 Å². The van der Waals surface area contributed by atoms with Crippen molar-refractivity contribution in [3.8, 4) is 0 Å². The van der Waals surface area contributed by atoms with Gasteiger partial charge in [-0.2, -0.15) is 0 Å². The molecule has 0 radical (unpaired) electrons. The first-order chi connectivity index (χ1) is 9.42. The lowest BCUT2D eigenvalue weighted by atomic mass is 9.95. The van der Waals surface area contributed by atoms with Crippen molar-refractivity contribution in [3.05, 3.63) is 35.9 Å². The number of hydrogen-bond acceptors (Lipinski definition) is 3. The maximum Gasteiger partial charge on any atom is 0.0865 e. The molecule has 1 aromatic rings. The lowest BCUT2D eigenvalue weighted by molar-refractivity contribution is 0.00400. The number of hydrogen-bond donors (Lipinski definition) is 1. The van der Waals surface area contributed by atoms with Crippen LogP contribution in [0.15, 0.2) is 30.3 Å². The van der Waals surface area contributed by atoms with E-state index in [4.69, 9.17) is 9.47 Å². The van der Waals surface area contributed by atoms with Gasteiger partial charge in [0, 0.05) is 32.3 Å². The molecule has 1 aliphatic heterocycles. The van der Waals surface area contributed by atoms with Crippen LogP contribution in [0.5, 0.6) is 0 Å². The third-order valence-electron chi connectivity index (χ3n) is 3.59. The molecule has 0 saturated carbocycles. The Hall–Kier alpha value is -0.900. The van der Waals surface area contributed by atoms with Crippen molar-refractivity contribution >= 4 is 0 Å². The Bertz CT molecular complexity index is 336. The monoisotopic (exact) mass is 263 g/mol. The van der Waals surface area contributed by atoms with Crippen LogP contribution in [0.25, 0.3) is 0 Å². The Balaban J connectivity index is 1.87. The van der Waals surface area contributed by atoms with E-state index in [0.717, 1.165) is 39.3 Å². The van der Waals surface area contributed by atoms with Crippen molar-refractivity contribution in [2.24, 2.45) is 5.92 Å². The fraction of sp³-hybridized carbons (Fsp3) is 0.625. The van der Waals surface area contributed by atoms with Crippen molar-refractivity contribution in [1.29, 1.82) is 0 Å². The molecule has 1 saturated heterocycles. The zero-order valence-corrected chi connectivity index (χ0v) is 11.8. The van der Waals surface area contributed by atoms with Crippen molar-refractivity contribution < 1.29 is 9.47 Å². The molecule has 1 aromatic carbocycles. The topological polar surface area (TPSA) is 30.5 Å². The van der Waals surface area contributed by atoms with Crippen molar-refractivity contribution in [2.75, 3.05) is 32.9 Å². The summed E-state index contributed by atoms with van der Waals surface area (Å²) >= 11 is 0. The molecule has 0 bridgehead atoms. The van der Waals surface area contributed by atoms with E-state index in [1.165, 1.54) is 12.0 Å². The summed E-state index contributed by atoms with van der Waals surface area (Å²) in [4.78, 5) is 0. The third kappa shape index (κ3) is 4.60. The highest BCUT2D eigenvalue weighted by Gasteiger charge is 2.26. The van der Waals surface area contributed by atoms with Gasteiger partial charge in [0.2, 0.25) is 0 Å². The first kappa shape index (κ1) is 14.5. The fourth-order valence-electron chi connectivity index (χ4n) is 2.60. The standard InChI is InChI=1S/C16H25NO2/c1-2-18-11-6-12-19-16(15-9-10-17-13-15)14-7-4-3-5-8-14/h3-5,7-8,15-17H,2,6,9-13H2,1H3. The first-order valence-electron chi connectivity index (χ1n) is 7.37. The van der Waals surface area contributed by atoms with Crippen LogP contribution in [-0.2, 0) is 9.47 Å². The van der Waals surface area contributed by atoms with Crippen LogP contribution in [0, 0.1) is 5.92 Å². The second kappa shape index (κ2) is 8.31. The van der Waals surface area contributed by atoms with Crippen molar-refractivity contribution in [1.82, 2.24) is 5.32 Å². The Morgan fingerprint density at radius 2 is 2.11 bits per heavy atom. The number of benzene rings is 1. The molecule has 0 spiro atoms. The summed E-state index contributed by atoms with van der Waals surface area (Å²) < 4.78 is 11.5. The van der Waals surface area contributed by atoms with Gasteiger partial charge in [0.05, 0.1) is 6.10 Å². The van der Waals surface area contributed by atoms with Gasteiger partial charge in [-0.15, -0.1) is 0 Å². The predicted octanol–water partition coefficient (Wildman–Crippen LogP) is 2.78. The van der Waals surface area contributed by atoms with Crippen LogP contribution in [-0.4, -0.2) is 32.9 Å². The van der Waals surface area contributed by atoms with E-state index in [2.05, 4.69) is 35.6 Å². The van der Waals surface area contributed by atoms with Crippen LogP contribution in [0.3, 0.4) is 0 Å². The molecule has 106 valence electrons. The Kier molecular flexibility index (Phi) is 6.34. The highest BCUT2D eigenvalue weighted by atomic mass is 16.5. The molecule has 1 heterocycles. The summed E-state index contributed by atoms with van der Waals surface area (Å²) in [5, 5.41) is 3.43. The van der Waals surface area contributed by atoms with Crippen LogP contribution in [0.2, 0.25) is 0 Å². The van der Waals surface area contributed by atoms with Gasteiger partial charge in [-0.3, -0.25) is 0 Å². The molecular weight excluding hydrogens is 238 g/mol. The van der Waals surface area contributed by atoms with Gasteiger partial charge in [-0.05, 0) is 31.9 Å². The normalized spacial score (nSPS) is 20.6. The van der Waals surface area contributed by atoms with E-state index in [-0.39, 0.29) is 6.10 Å². The van der Waals surface area contributed by atoms with Gasteiger partial charge in [0.15, 0.2) is 0 Å². The number of rotatable bonds is 8. The van der Waals surface area contributed by atoms with Crippen LogP contribution in [0.1, 0.15) is 31.4 Å². The molecule has 0 amide bonds. The van der Waals surface area contributed by atoms with Gasteiger partial charge in [-0.25, -0.2) is 0 Å². The van der Waals surface area contributed by atoms with Gasteiger partial charge in [-0.1, -0.05) is 30.3 Å². The second-order valence-electron chi connectivity index (χ2n) is 5.01. The number of ether oxygens (including phenoxy) is 2. The quantitative estimate of drug-likeness (QED) is 0.732. The molecular formula is C16H25NO2. The molecule has 0 aromatic heterocycles. The Morgan fingerprint density at radius 3 is 2.79 bits per heavy atom. The smallest absolute Gasteiger partial charge is 0.0865 e. The molecule has 1 fully saturated rings. The molecule has 2 atom stereocenters. The fourth-order valence-corrected chi connectivity index (χ4v) is 2.60. The van der Waals surface area contributed by atoms with Gasteiger partial charge >= 0.3 is 0 Å². The van der Waals surface area contributed by atoms with E-state index in [0.29, 0.717) is 5.92 Å². The summed E-state index contributed by atoms with van der Waals surface area (Å²) in [5.41, 5.74) is 1.30. The molecule has 1 aliphatic rings. The van der Waals surface area contributed by atoms with E-state index >= 15 is 0 Å². The summed E-state index contributed by atoms with van der Waals surface area (Å²) in [6.07, 6.45) is 2.39. The first-order valence-corrected chi connectivity index (χ1v) is 7.37. The minimum atomic E-state index is 0.220. The molecule has 3 heteroatoms. The minimum Gasteiger partial charge on any atom is -0.382 e. The largest absolute Gasteiger partial charge is 0.382 e. The molecule has 3 nitrogen and oxygen atoms in total. The predicted molar refractivity (Wildman–Crippen MR) is 77.2 cm³/mol. The highest BCUT2D eigenvalue weighted by Crippen LogP contribution is 2.30. The summed E-state index contributed by atoms with van der Waals surface area (Å²) in [7, 11) is 0. The Labute approximate surface area is 116 Å². The average molecular weight is 263 g/mol. The summed E-state index contributed by atoms with van der Waals surface area (Å²) in [5.74, 6) is 0.592. The lowest BCUT2D eigenvalue weighted by Crippen LogP contribution is -2.20. The number of nitrogens with one attached hydrogen (secondary N) is 1. The summed E-state index contributed by atoms with van der Waals surface area (Å²) in [6, 6.07) is 10.6. The van der Waals surface area contributed by atoms with Crippen molar-refractivity contribution in [3.63, 3.8) is 0 Å². The van der Waals surface area contributed by atoms with E-state index in [1.54, 1.807) is 0 Å². The second-order valence-corrected chi connectivity index (χ2v) is 5.01. The molecule has 2 rings (SSSR count). The Morgan fingerprint density at radius 1 is 1.26 bits per heavy atom. The highest BCUT2D eigenvalue weighted by molar-refractivity contribution is 5.18. The van der Waals surface area contributed by atoms with E-state index in [9.17, 15) is 0 Å². The lowest BCUT2D eigenvalue weighted by Gasteiger charge is -2.24. The third-order valence-corrected chi connectivity index (χ3v) is 3.59. The van der Waals surface area contributed by atoms with E-state index < -0.39 is 0 Å². The van der Waals surface area contributed by atoms with Gasteiger partial charge in [0.25, 0.3) is 0 Å². The van der Waals surface area contributed by atoms with Crippen molar-refractivity contribution in [2.45, 2.75) is 25.9 Å². The minimum absolute atomic E-state index is 0.220.